The summed E-state index contributed by atoms with van der Waals surface area (Å²) in [5.41, 5.74) is 0. The van der Waals surface area contributed by atoms with Crippen LogP contribution in [0.4, 0.5) is 0 Å². The molecule has 0 bridgehead atoms. The molecule has 0 aromatic rings. The van der Waals surface area contributed by atoms with E-state index in [9.17, 15) is 14.7 Å². The summed E-state index contributed by atoms with van der Waals surface area (Å²) in [5.74, 6) is 0.857. The first-order valence-corrected chi connectivity index (χ1v) is 6.59. The van der Waals surface area contributed by atoms with E-state index in [4.69, 9.17) is 0 Å². The van der Waals surface area contributed by atoms with Crippen LogP contribution < -0.4 is 5.32 Å². The Morgan fingerprint density at radius 2 is 2.44 bits per heavy atom. The molecule has 1 aliphatic heterocycles. The fourth-order valence-electron chi connectivity index (χ4n) is 1.44. The van der Waals surface area contributed by atoms with Crippen molar-refractivity contribution >= 4 is 23.6 Å². The largest absolute Gasteiger partial charge is 0.391 e. The van der Waals surface area contributed by atoms with Gasteiger partial charge in [0, 0.05) is 6.54 Å². The molecule has 6 heteroatoms. The minimum atomic E-state index is -0.488. The Morgan fingerprint density at radius 1 is 1.69 bits per heavy atom. The minimum absolute atomic E-state index is 0.00857. The van der Waals surface area contributed by atoms with Crippen LogP contribution in [-0.4, -0.2) is 52.6 Å². The minimum Gasteiger partial charge on any atom is -0.391 e. The molecule has 1 heterocycles. The fourth-order valence-corrected chi connectivity index (χ4v) is 2.34. The number of nitrogens with zero attached hydrogens (tertiary/aromatic N) is 1. The second-order valence-electron chi connectivity index (χ2n) is 3.82. The third kappa shape index (κ3) is 4.40. The van der Waals surface area contributed by atoms with Gasteiger partial charge in [-0.2, -0.15) is 0 Å². The van der Waals surface area contributed by atoms with Crippen LogP contribution in [0.5, 0.6) is 0 Å². The summed E-state index contributed by atoms with van der Waals surface area (Å²) in [4.78, 5) is 24.2. The maximum atomic E-state index is 11.4. The number of carbonyl (C=O) groups excluding carboxylic acids is 2. The molecule has 0 spiro atoms. The Kier molecular flexibility index (Phi) is 5.62. The molecule has 0 aromatic carbocycles. The number of thioether (sulfide) groups is 1. The highest BCUT2D eigenvalue weighted by atomic mass is 32.2. The van der Waals surface area contributed by atoms with Crippen molar-refractivity contribution in [3.63, 3.8) is 0 Å². The maximum Gasteiger partial charge on any atom is 0.239 e. The molecule has 1 unspecified atom stereocenters. The average Bonchev–Trinajstić information content (AvgIpc) is 2.62. The molecule has 2 N–H and O–H groups in total. The van der Waals surface area contributed by atoms with Crippen molar-refractivity contribution in [2.75, 3.05) is 24.7 Å². The Balaban J connectivity index is 2.18. The molecule has 1 atom stereocenters. The van der Waals surface area contributed by atoms with E-state index in [-0.39, 0.29) is 24.9 Å². The van der Waals surface area contributed by atoms with Gasteiger partial charge in [0.05, 0.1) is 17.7 Å². The molecule has 16 heavy (non-hydrogen) atoms. The number of aliphatic hydroxyl groups excluding tert-OH is 1. The number of rotatable bonds is 6. The van der Waals surface area contributed by atoms with Crippen molar-refractivity contribution in [2.24, 2.45) is 0 Å². The first-order valence-electron chi connectivity index (χ1n) is 5.43. The second-order valence-corrected chi connectivity index (χ2v) is 4.77. The predicted molar refractivity (Wildman–Crippen MR) is 63.0 cm³/mol. The van der Waals surface area contributed by atoms with E-state index in [1.165, 1.54) is 16.7 Å². The normalized spacial score (nSPS) is 17.6. The molecule has 0 aliphatic carbocycles. The highest BCUT2D eigenvalue weighted by Gasteiger charge is 2.22. The highest BCUT2D eigenvalue weighted by Crippen LogP contribution is 2.13. The predicted octanol–water partition coefficient (Wildman–Crippen LogP) is -0.203. The zero-order chi connectivity index (χ0) is 12.0. The lowest BCUT2D eigenvalue weighted by Gasteiger charge is -2.15. The quantitative estimate of drug-likeness (QED) is 0.681. The average molecular weight is 246 g/mol. The van der Waals surface area contributed by atoms with Gasteiger partial charge in [-0.15, -0.1) is 11.8 Å². The van der Waals surface area contributed by atoms with E-state index < -0.39 is 6.10 Å². The van der Waals surface area contributed by atoms with E-state index in [0.717, 1.165) is 6.42 Å². The highest BCUT2D eigenvalue weighted by molar-refractivity contribution is 8.00. The van der Waals surface area contributed by atoms with Crippen LogP contribution in [0, 0.1) is 0 Å². The molecular weight excluding hydrogens is 228 g/mol. The second kappa shape index (κ2) is 6.75. The zero-order valence-corrected chi connectivity index (χ0v) is 10.3. The summed E-state index contributed by atoms with van der Waals surface area (Å²) in [6.07, 6.45) is 1.08. The van der Waals surface area contributed by atoms with E-state index in [1.807, 2.05) is 6.92 Å². The van der Waals surface area contributed by atoms with Crippen molar-refractivity contribution in [3.8, 4) is 0 Å². The number of carbonyl (C=O) groups is 2. The monoisotopic (exact) mass is 246 g/mol. The SMILES string of the molecule is CCCC(O)CNC(=O)CN1CSCC1=O. The van der Waals surface area contributed by atoms with Crippen LogP contribution in [0.15, 0.2) is 0 Å². The molecule has 0 saturated carbocycles. The summed E-state index contributed by atoms with van der Waals surface area (Å²) in [6, 6.07) is 0. The van der Waals surface area contributed by atoms with Gasteiger partial charge in [-0.05, 0) is 6.42 Å². The molecule has 1 rings (SSSR count). The third-order valence-electron chi connectivity index (χ3n) is 2.32. The van der Waals surface area contributed by atoms with Gasteiger partial charge in [-0.3, -0.25) is 9.59 Å². The summed E-state index contributed by atoms with van der Waals surface area (Å²) >= 11 is 1.51. The maximum absolute atomic E-state index is 11.4. The van der Waals surface area contributed by atoms with E-state index in [1.54, 1.807) is 0 Å². The van der Waals surface area contributed by atoms with Gasteiger partial charge in [0.1, 0.15) is 6.54 Å². The lowest BCUT2D eigenvalue weighted by Crippen LogP contribution is -2.40. The number of aliphatic hydroxyl groups is 1. The number of nitrogens with one attached hydrogen (secondary N) is 1. The van der Waals surface area contributed by atoms with Crippen molar-refractivity contribution < 1.29 is 14.7 Å². The lowest BCUT2D eigenvalue weighted by atomic mass is 10.2. The Labute approximate surface area is 99.6 Å². The van der Waals surface area contributed by atoms with Crippen LogP contribution in [0.1, 0.15) is 19.8 Å². The number of hydrogen-bond acceptors (Lipinski definition) is 4. The summed E-state index contributed by atoms with van der Waals surface area (Å²) < 4.78 is 0. The number of amides is 2. The standard InChI is InChI=1S/C10H18N2O3S/c1-2-3-8(13)4-11-9(14)5-12-7-16-6-10(12)15/h8,13H,2-7H2,1H3,(H,11,14). The van der Waals surface area contributed by atoms with Gasteiger partial charge in [-0.25, -0.2) is 0 Å². The topological polar surface area (TPSA) is 69.6 Å². The van der Waals surface area contributed by atoms with Gasteiger partial charge in [0.2, 0.25) is 11.8 Å². The summed E-state index contributed by atoms with van der Waals surface area (Å²) in [5, 5.41) is 12.0. The Bertz CT molecular complexity index is 260. The molecule has 0 radical (unpaired) electrons. The zero-order valence-electron chi connectivity index (χ0n) is 9.44. The van der Waals surface area contributed by atoms with Gasteiger partial charge < -0.3 is 15.3 Å². The molecule has 1 fully saturated rings. The Hall–Kier alpha value is -0.750. The van der Waals surface area contributed by atoms with E-state index in [0.29, 0.717) is 18.1 Å². The molecular formula is C10H18N2O3S. The van der Waals surface area contributed by atoms with Crippen LogP contribution >= 0.6 is 11.8 Å². The van der Waals surface area contributed by atoms with E-state index >= 15 is 0 Å². The van der Waals surface area contributed by atoms with Crippen LogP contribution in [0.25, 0.3) is 0 Å². The summed E-state index contributed by atoms with van der Waals surface area (Å²) in [6.45, 7) is 2.34. The molecule has 1 aliphatic rings. The van der Waals surface area contributed by atoms with Gasteiger partial charge in [-0.1, -0.05) is 13.3 Å². The Morgan fingerprint density at radius 3 is 3.00 bits per heavy atom. The van der Waals surface area contributed by atoms with Crippen molar-refractivity contribution in [1.29, 1.82) is 0 Å². The van der Waals surface area contributed by atoms with Gasteiger partial charge in [0.15, 0.2) is 0 Å². The van der Waals surface area contributed by atoms with Crippen LogP contribution in [-0.2, 0) is 9.59 Å². The van der Waals surface area contributed by atoms with Crippen molar-refractivity contribution in [2.45, 2.75) is 25.9 Å². The molecule has 2 amide bonds. The van der Waals surface area contributed by atoms with Crippen molar-refractivity contribution in [1.82, 2.24) is 10.2 Å². The first kappa shape index (κ1) is 13.3. The number of hydrogen-bond donors (Lipinski definition) is 2. The van der Waals surface area contributed by atoms with Crippen LogP contribution in [0.3, 0.4) is 0 Å². The molecule has 0 aromatic heterocycles. The molecule has 92 valence electrons. The lowest BCUT2D eigenvalue weighted by molar-refractivity contribution is -0.132. The van der Waals surface area contributed by atoms with Crippen molar-refractivity contribution in [3.05, 3.63) is 0 Å². The summed E-state index contributed by atoms with van der Waals surface area (Å²) in [7, 11) is 0. The third-order valence-corrected chi connectivity index (χ3v) is 3.26. The van der Waals surface area contributed by atoms with Crippen LogP contribution in [0.2, 0.25) is 0 Å². The smallest absolute Gasteiger partial charge is 0.239 e. The molecule has 5 nitrogen and oxygen atoms in total. The fraction of sp³-hybridized carbons (Fsp3) is 0.800. The van der Waals surface area contributed by atoms with Gasteiger partial charge in [0.25, 0.3) is 0 Å². The van der Waals surface area contributed by atoms with Gasteiger partial charge >= 0.3 is 0 Å². The first-order chi connectivity index (χ1) is 7.63. The van der Waals surface area contributed by atoms with E-state index in [2.05, 4.69) is 5.32 Å². The molecule has 1 saturated heterocycles.